The first kappa shape index (κ1) is 58.6. The molecule has 18 nitrogen and oxygen atoms in total. The predicted molar refractivity (Wildman–Crippen MR) is 321 cm³/mol. The van der Waals surface area contributed by atoms with Crippen LogP contribution in [0.3, 0.4) is 0 Å². The number of phenols is 1. The molecule has 5 aliphatic heterocycles. The maximum atomic E-state index is 17.3. The average molecular weight is 1180 g/mol. The van der Waals surface area contributed by atoms with E-state index in [4.69, 9.17) is 25.9 Å². The van der Waals surface area contributed by atoms with Gasteiger partial charge in [-0.15, -0.1) is 17.8 Å². The van der Waals surface area contributed by atoms with Crippen molar-refractivity contribution in [3.05, 3.63) is 88.7 Å². The van der Waals surface area contributed by atoms with Crippen LogP contribution in [0.25, 0.3) is 43.4 Å². The lowest BCUT2D eigenvalue weighted by molar-refractivity contribution is -0.146. The minimum atomic E-state index is -0.974. The molecule has 6 atom stereocenters. The highest BCUT2D eigenvalue weighted by Gasteiger charge is 2.51. The number of aryl methyl sites for hydroxylation is 1. The molecule has 0 spiro atoms. The van der Waals surface area contributed by atoms with Crippen LogP contribution in [0.5, 0.6) is 11.8 Å². The standard InChI is InChI=1S/C62H73F2N11O7SSi/c1-7-44-47(63)17-14-39-26-43(76)27-45(50(39)44)52-51(64)53-46(29-65-52)56(73-30-40-15-16-41(31-73)68-40)71-59(70-53)82-34-61-20-8-23-74(61)42(18-22-61)32-72(6)49(78)19-25-81-33-48(77)69-55(60(3,4)5)57(79)75-24-9-21-62(75,84)58(80)66-28-37-10-12-38(13-11-37)54-36(2)67-35-83-54/h1,10-14,17,26-27,29,35,40-42,55,68,76H,8-9,15-16,18-25,28,30-34H2,2-6,84H3,(H,66,80)(H,69,77)/t40?,41?,42-,55+,61+,62+/m0/s1. The highest BCUT2D eigenvalue weighted by atomic mass is 32.1. The van der Waals surface area contributed by atoms with E-state index in [-0.39, 0.29) is 107 Å². The summed E-state index contributed by atoms with van der Waals surface area (Å²) < 4.78 is 44.8. The van der Waals surface area contributed by atoms with Crippen molar-refractivity contribution in [2.45, 2.75) is 127 Å². The maximum Gasteiger partial charge on any atom is 0.319 e. The quantitative estimate of drug-likeness (QED) is 0.0446. The molecular formula is C62H73F2N11O7SSi. The van der Waals surface area contributed by atoms with E-state index in [0.717, 1.165) is 66.8 Å². The number of carbonyl (C=O) groups is 4. The fraction of sp³-hybridized carbons (Fsp3) is 0.484. The van der Waals surface area contributed by atoms with Crippen LogP contribution < -0.4 is 25.6 Å². The van der Waals surface area contributed by atoms with E-state index in [9.17, 15) is 24.3 Å². The van der Waals surface area contributed by atoms with Gasteiger partial charge < -0.3 is 45.2 Å². The predicted octanol–water partition coefficient (Wildman–Crippen LogP) is 5.95. The van der Waals surface area contributed by atoms with Crippen molar-refractivity contribution in [2.75, 3.05) is 64.5 Å². The number of hydrogen-bond acceptors (Lipinski definition) is 15. The maximum absolute atomic E-state index is 17.3. The number of terminal acetylenes is 1. The molecule has 4 amide bonds. The van der Waals surface area contributed by atoms with Crippen LogP contribution in [0.15, 0.2) is 60.2 Å². The minimum absolute atomic E-state index is 0.00346. The topological polar surface area (TPSA) is 208 Å². The number of likely N-dealkylation sites (tertiary alicyclic amines) is 1. The van der Waals surface area contributed by atoms with Gasteiger partial charge in [-0.25, -0.2) is 13.8 Å². The minimum Gasteiger partial charge on any atom is -0.508 e. The zero-order chi connectivity index (χ0) is 59.2. The molecule has 11 rings (SSSR count). The molecule has 0 aliphatic carbocycles. The number of piperazine rings is 1. The first-order chi connectivity index (χ1) is 40.2. The average Bonchev–Trinajstić information content (AvgIpc) is 1.83. The number of rotatable bonds is 18. The fourth-order valence-electron chi connectivity index (χ4n) is 13.5. The summed E-state index contributed by atoms with van der Waals surface area (Å²) in [5.74, 6) is 0.156. The number of aromatic hydroxyl groups is 1. The van der Waals surface area contributed by atoms with E-state index in [1.54, 1.807) is 28.2 Å². The SMILES string of the molecule is C#Cc1c(F)ccc2cc(O)cc(-c3ncc4c(N5CC6CCC(C5)N6)nc(OC[C@]56CCCN5[C@H](CN(C)C(=O)CCOCC(=O)N[C@H](C(=O)N5CCC[C@@]5([SiH3])C(=O)NCc5ccc(-c7scnc7C)cc5)C(C)(C)C)CC6)nc4c3F)c12. The van der Waals surface area contributed by atoms with Gasteiger partial charge in [0.15, 0.2) is 5.82 Å². The molecule has 5 aliphatic rings. The largest absolute Gasteiger partial charge is 0.508 e. The van der Waals surface area contributed by atoms with E-state index >= 15 is 8.78 Å². The third kappa shape index (κ3) is 11.6. The Kier molecular flexibility index (Phi) is 16.5. The number of fused-ring (bicyclic) bond motifs is 5. The highest BCUT2D eigenvalue weighted by molar-refractivity contribution is 7.13. The van der Waals surface area contributed by atoms with Gasteiger partial charge in [-0.05, 0) is 105 Å². The molecule has 2 unspecified atom stereocenters. The fourth-order valence-corrected chi connectivity index (χ4v) is 15.2. The number of pyridine rings is 1. The van der Waals surface area contributed by atoms with Crippen LogP contribution in [0.4, 0.5) is 14.6 Å². The summed E-state index contributed by atoms with van der Waals surface area (Å²) in [7, 11) is 2.17. The van der Waals surface area contributed by atoms with E-state index < -0.39 is 34.2 Å². The van der Waals surface area contributed by atoms with E-state index in [1.165, 1.54) is 30.5 Å². The van der Waals surface area contributed by atoms with Crippen molar-refractivity contribution < 1.29 is 42.5 Å². The van der Waals surface area contributed by atoms with Gasteiger partial charge in [0.2, 0.25) is 23.6 Å². The van der Waals surface area contributed by atoms with Crippen molar-refractivity contribution in [3.8, 4) is 45.8 Å². The van der Waals surface area contributed by atoms with Crippen molar-refractivity contribution in [1.82, 2.24) is 50.6 Å². The number of likely N-dealkylation sites (N-methyl/N-ethyl adjacent to an activating group) is 1. The molecule has 5 saturated heterocycles. The second-order valence-corrected chi connectivity index (χ2v) is 27.2. The molecule has 442 valence electrons. The van der Waals surface area contributed by atoms with Gasteiger partial charge >= 0.3 is 6.01 Å². The second kappa shape index (κ2) is 23.7. The van der Waals surface area contributed by atoms with Crippen LogP contribution in [0.1, 0.15) is 95.4 Å². The molecular weight excluding hydrogens is 1110 g/mol. The van der Waals surface area contributed by atoms with Crippen LogP contribution in [0.2, 0.25) is 0 Å². The van der Waals surface area contributed by atoms with Crippen molar-refractivity contribution in [1.29, 1.82) is 0 Å². The lowest BCUT2D eigenvalue weighted by atomic mass is 9.85. The van der Waals surface area contributed by atoms with Gasteiger partial charge in [0, 0.05) is 85.3 Å². The lowest BCUT2D eigenvalue weighted by Crippen LogP contribution is -2.63. The van der Waals surface area contributed by atoms with Gasteiger partial charge in [0.05, 0.1) is 45.6 Å². The van der Waals surface area contributed by atoms with Crippen LogP contribution >= 0.6 is 11.3 Å². The van der Waals surface area contributed by atoms with Gasteiger partial charge in [-0.1, -0.05) is 57.0 Å². The van der Waals surface area contributed by atoms with E-state index in [2.05, 4.69) is 41.6 Å². The molecule has 2 bridgehead atoms. The molecule has 5 fully saturated rings. The Morgan fingerprint density at radius 3 is 2.50 bits per heavy atom. The Labute approximate surface area is 494 Å². The number of benzene rings is 3. The number of carbonyl (C=O) groups excluding carboxylic acids is 4. The third-order valence-electron chi connectivity index (χ3n) is 17.9. The Hall–Kier alpha value is -7.16. The van der Waals surface area contributed by atoms with Crippen LogP contribution in [-0.2, 0) is 30.5 Å². The Bertz CT molecular complexity index is 3570. The number of hydrogen-bond donors (Lipinski definition) is 4. The summed E-state index contributed by atoms with van der Waals surface area (Å²) in [6, 6.07) is 13.1. The molecule has 4 N–H and O–H groups in total. The molecule has 0 saturated carbocycles. The van der Waals surface area contributed by atoms with Gasteiger partial charge in [0.1, 0.15) is 53.0 Å². The lowest BCUT2D eigenvalue weighted by Gasteiger charge is -2.40. The van der Waals surface area contributed by atoms with E-state index in [0.29, 0.717) is 72.4 Å². The second-order valence-electron chi connectivity index (χ2n) is 24.7. The molecule has 3 aromatic heterocycles. The first-order valence-corrected chi connectivity index (χ1v) is 31.0. The number of phenolic OH excluding ortho intramolecular Hbond substituents is 1. The number of amides is 4. The van der Waals surface area contributed by atoms with Crippen LogP contribution in [-0.4, -0.2) is 168 Å². The van der Waals surface area contributed by atoms with Gasteiger partial charge in [0.25, 0.3) is 0 Å². The number of aromatic nitrogens is 4. The highest BCUT2D eigenvalue weighted by Crippen LogP contribution is 2.44. The number of anilines is 1. The number of thiazole rings is 1. The summed E-state index contributed by atoms with van der Waals surface area (Å²) >= 11 is 1.59. The third-order valence-corrected chi connectivity index (χ3v) is 20.4. The zero-order valence-corrected chi connectivity index (χ0v) is 51.3. The monoisotopic (exact) mass is 1180 g/mol. The molecule has 3 aromatic carbocycles. The normalized spacial score (nSPS) is 22.6. The van der Waals surface area contributed by atoms with Crippen molar-refractivity contribution in [3.63, 3.8) is 0 Å². The van der Waals surface area contributed by atoms with E-state index in [1.807, 2.05) is 57.5 Å². The number of halogens is 2. The first-order valence-electron chi connectivity index (χ1n) is 29.1. The summed E-state index contributed by atoms with van der Waals surface area (Å²) in [6.07, 6.45) is 14.0. The van der Waals surface area contributed by atoms with Gasteiger partial charge in [-0.2, -0.15) is 9.97 Å². The Morgan fingerprint density at radius 1 is 1.01 bits per heavy atom. The molecule has 0 radical (unpaired) electrons. The number of ether oxygens (including phenoxy) is 2. The zero-order valence-electron chi connectivity index (χ0n) is 48.5. The molecule has 8 heterocycles. The molecule has 6 aromatic rings. The summed E-state index contributed by atoms with van der Waals surface area (Å²) in [5, 5.41) is 20.5. The summed E-state index contributed by atoms with van der Waals surface area (Å²) in [6.45, 7) is 10.8. The van der Waals surface area contributed by atoms with Crippen molar-refractivity contribution in [2.24, 2.45) is 5.41 Å². The molecule has 22 heteroatoms. The van der Waals surface area contributed by atoms with Crippen molar-refractivity contribution >= 4 is 72.7 Å². The smallest absolute Gasteiger partial charge is 0.319 e. The Morgan fingerprint density at radius 2 is 1.77 bits per heavy atom. The van der Waals surface area contributed by atoms with Crippen LogP contribution in [0, 0.1) is 36.3 Å². The Balaban J connectivity index is 0.697. The summed E-state index contributed by atoms with van der Waals surface area (Å²) in [5.41, 5.74) is 3.62. The van der Waals surface area contributed by atoms with Gasteiger partial charge in [-0.3, -0.25) is 29.1 Å². The summed E-state index contributed by atoms with van der Waals surface area (Å²) in [4.78, 5) is 83.0. The molecule has 84 heavy (non-hydrogen) atoms. The number of nitrogens with zero attached hydrogens (tertiary/aromatic N) is 8. The number of nitrogens with one attached hydrogen (secondary N) is 3.